The summed E-state index contributed by atoms with van der Waals surface area (Å²) in [5.74, 6) is 1.33. The third kappa shape index (κ3) is 3.34. The molecule has 0 unspecified atom stereocenters. The van der Waals surface area contributed by atoms with Crippen LogP contribution in [-0.4, -0.2) is 56.2 Å². The number of fused-ring (bicyclic) bond motifs is 1. The van der Waals surface area contributed by atoms with Crippen LogP contribution < -0.4 is 9.47 Å². The minimum Gasteiger partial charge on any atom is -0.493 e. The third-order valence-corrected chi connectivity index (χ3v) is 5.10. The van der Waals surface area contributed by atoms with Gasteiger partial charge < -0.3 is 9.47 Å². The molecule has 1 aromatic carbocycles. The van der Waals surface area contributed by atoms with Crippen molar-refractivity contribution in [2.75, 3.05) is 40.4 Å². The second-order valence-corrected chi connectivity index (χ2v) is 6.64. The molecule has 0 spiro atoms. The van der Waals surface area contributed by atoms with Crippen LogP contribution in [0.15, 0.2) is 12.1 Å². The molecule has 0 amide bonds. The van der Waals surface area contributed by atoms with Gasteiger partial charge in [0.1, 0.15) is 0 Å². The number of methoxy groups -OCH3 is 2. The minimum absolute atomic E-state index is 0.616. The van der Waals surface area contributed by atoms with Gasteiger partial charge in [-0.15, -0.1) is 0 Å². The Hall–Kier alpha value is -0.970. The van der Waals surface area contributed by atoms with Crippen molar-refractivity contribution in [1.82, 2.24) is 9.80 Å². The fourth-order valence-electron chi connectivity index (χ4n) is 3.68. The molecule has 0 N–H and O–H groups in total. The maximum Gasteiger partial charge on any atom is 0.179 e. The molecule has 2 heterocycles. The fourth-order valence-corrected chi connectivity index (χ4v) is 4.00. The molecule has 0 saturated carbocycles. The molecule has 3 rings (SSSR count). The number of hydrogen-bond acceptors (Lipinski definition) is 4. The summed E-state index contributed by atoms with van der Waals surface area (Å²) in [6.07, 6.45) is 4.07. The molecule has 2 saturated heterocycles. The number of piperazine rings is 1. The predicted molar refractivity (Wildman–Crippen MR) is 89.0 cm³/mol. The summed E-state index contributed by atoms with van der Waals surface area (Å²) in [6, 6.07) is 4.77. The van der Waals surface area contributed by atoms with Crippen LogP contribution in [0.5, 0.6) is 11.5 Å². The van der Waals surface area contributed by atoms with Crippen LogP contribution in [0.1, 0.15) is 24.8 Å². The van der Waals surface area contributed by atoms with Crippen LogP contribution in [-0.2, 0) is 6.54 Å². The Morgan fingerprint density at radius 1 is 1.14 bits per heavy atom. The van der Waals surface area contributed by atoms with E-state index in [4.69, 9.17) is 21.1 Å². The van der Waals surface area contributed by atoms with Gasteiger partial charge in [-0.3, -0.25) is 9.80 Å². The minimum atomic E-state index is 0.616. The van der Waals surface area contributed by atoms with E-state index < -0.39 is 0 Å². The summed E-state index contributed by atoms with van der Waals surface area (Å²) in [6.45, 7) is 5.67. The molecule has 0 bridgehead atoms. The number of ether oxygens (including phenoxy) is 2. The van der Waals surface area contributed by atoms with Gasteiger partial charge in [-0.05, 0) is 37.1 Å². The van der Waals surface area contributed by atoms with E-state index in [2.05, 4.69) is 9.80 Å². The highest BCUT2D eigenvalue weighted by atomic mass is 35.5. The Morgan fingerprint density at radius 3 is 2.77 bits per heavy atom. The number of benzene rings is 1. The van der Waals surface area contributed by atoms with E-state index in [1.165, 1.54) is 37.9 Å². The Labute approximate surface area is 137 Å². The highest BCUT2D eigenvalue weighted by molar-refractivity contribution is 6.32. The van der Waals surface area contributed by atoms with E-state index in [-0.39, 0.29) is 0 Å². The smallest absolute Gasteiger partial charge is 0.179 e. The summed E-state index contributed by atoms with van der Waals surface area (Å²) in [5, 5.41) is 0.619. The lowest BCUT2D eigenvalue weighted by atomic mass is 9.99. The van der Waals surface area contributed by atoms with Crippen molar-refractivity contribution in [3.63, 3.8) is 0 Å². The largest absolute Gasteiger partial charge is 0.493 e. The molecule has 122 valence electrons. The highest BCUT2D eigenvalue weighted by Crippen LogP contribution is 2.36. The third-order valence-electron chi connectivity index (χ3n) is 4.82. The van der Waals surface area contributed by atoms with Crippen molar-refractivity contribution in [1.29, 1.82) is 0 Å². The Morgan fingerprint density at radius 2 is 2.00 bits per heavy atom. The molecule has 5 heteroatoms. The Balaban J connectivity index is 1.69. The summed E-state index contributed by atoms with van der Waals surface area (Å²) >= 11 is 6.31. The summed E-state index contributed by atoms with van der Waals surface area (Å²) < 4.78 is 10.7. The van der Waals surface area contributed by atoms with E-state index in [0.717, 1.165) is 25.7 Å². The lowest BCUT2D eigenvalue weighted by Crippen LogP contribution is -2.54. The highest BCUT2D eigenvalue weighted by Gasteiger charge is 2.28. The molecule has 22 heavy (non-hydrogen) atoms. The maximum atomic E-state index is 6.31. The van der Waals surface area contributed by atoms with E-state index in [9.17, 15) is 0 Å². The van der Waals surface area contributed by atoms with Crippen LogP contribution >= 0.6 is 11.6 Å². The zero-order valence-electron chi connectivity index (χ0n) is 13.5. The first-order valence-electron chi connectivity index (χ1n) is 8.08. The monoisotopic (exact) mass is 324 g/mol. The number of piperidine rings is 1. The standard InChI is InChI=1S/C17H25ClN2O2/c1-21-16-10-13(9-15(18)17(16)22-2)11-19-7-8-20-6-4-3-5-14(20)12-19/h9-10,14H,3-8,11-12H2,1-2H3/t14-/m0/s1. The average molecular weight is 325 g/mol. The predicted octanol–water partition coefficient (Wildman–Crippen LogP) is 3.03. The van der Waals surface area contributed by atoms with Crippen molar-refractivity contribution in [3.8, 4) is 11.5 Å². The van der Waals surface area contributed by atoms with Crippen molar-refractivity contribution in [3.05, 3.63) is 22.7 Å². The number of halogens is 1. The van der Waals surface area contributed by atoms with E-state index in [1.807, 2.05) is 12.1 Å². The number of rotatable bonds is 4. The van der Waals surface area contributed by atoms with Gasteiger partial charge in [-0.25, -0.2) is 0 Å². The fraction of sp³-hybridized carbons (Fsp3) is 0.647. The number of nitrogens with zero attached hydrogens (tertiary/aromatic N) is 2. The summed E-state index contributed by atoms with van der Waals surface area (Å²) in [5.41, 5.74) is 1.19. The van der Waals surface area contributed by atoms with Gasteiger partial charge in [-0.1, -0.05) is 18.0 Å². The van der Waals surface area contributed by atoms with Crippen molar-refractivity contribution in [2.45, 2.75) is 31.8 Å². The van der Waals surface area contributed by atoms with Crippen molar-refractivity contribution < 1.29 is 9.47 Å². The zero-order valence-corrected chi connectivity index (χ0v) is 14.2. The Bertz CT molecular complexity index is 524. The maximum absolute atomic E-state index is 6.31. The van der Waals surface area contributed by atoms with E-state index in [1.54, 1.807) is 14.2 Å². The van der Waals surface area contributed by atoms with Crippen molar-refractivity contribution >= 4 is 11.6 Å². The summed E-state index contributed by atoms with van der Waals surface area (Å²) in [7, 11) is 3.27. The molecular weight excluding hydrogens is 300 g/mol. The molecule has 0 aliphatic carbocycles. The molecule has 2 aliphatic heterocycles. The molecular formula is C17H25ClN2O2. The van der Waals surface area contributed by atoms with Crippen molar-refractivity contribution in [2.24, 2.45) is 0 Å². The molecule has 2 fully saturated rings. The first-order chi connectivity index (χ1) is 10.7. The van der Waals surface area contributed by atoms with Crippen LogP contribution in [0.4, 0.5) is 0 Å². The zero-order chi connectivity index (χ0) is 15.5. The molecule has 1 atom stereocenters. The van der Waals surface area contributed by atoms with Crippen LogP contribution in [0.25, 0.3) is 0 Å². The first-order valence-corrected chi connectivity index (χ1v) is 8.46. The summed E-state index contributed by atoms with van der Waals surface area (Å²) in [4.78, 5) is 5.19. The van der Waals surface area contributed by atoms with E-state index >= 15 is 0 Å². The van der Waals surface area contributed by atoms with Gasteiger partial charge in [0, 0.05) is 32.2 Å². The Kier molecular flexibility index (Phi) is 5.11. The van der Waals surface area contributed by atoms with Gasteiger partial charge in [-0.2, -0.15) is 0 Å². The molecule has 2 aliphatic rings. The average Bonchev–Trinajstić information content (AvgIpc) is 2.54. The van der Waals surface area contributed by atoms with Gasteiger partial charge in [0.2, 0.25) is 0 Å². The SMILES string of the molecule is COc1cc(CN2CCN3CCCC[C@H]3C2)cc(Cl)c1OC. The quantitative estimate of drug-likeness (QED) is 0.850. The van der Waals surface area contributed by atoms with E-state index in [0.29, 0.717) is 16.5 Å². The first kappa shape index (κ1) is 15.9. The van der Waals surface area contributed by atoms with Crippen LogP contribution in [0.3, 0.4) is 0 Å². The van der Waals surface area contributed by atoms with Crippen LogP contribution in [0, 0.1) is 0 Å². The normalized spacial score (nSPS) is 23.1. The van der Waals surface area contributed by atoms with Crippen LogP contribution in [0.2, 0.25) is 5.02 Å². The second-order valence-electron chi connectivity index (χ2n) is 6.23. The molecule has 0 aromatic heterocycles. The topological polar surface area (TPSA) is 24.9 Å². The molecule has 4 nitrogen and oxygen atoms in total. The second kappa shape index (κ2) is 7.07. The molecule has 0 radical (unpaired) electrons. The van der Waals surface area contributed by atoms with Gasteiger partial charge in [0.15, 0.2) is 11.5 Å². The van der Waals surface area contributed by atoms with Gasteiger partial charge >= 0.3 is 0 Å². The lowest BCUT2D eigenvalue weighted by molar-refractivity contribution is 0.0456. The molecule has 1 aromatic rings. The lowest BCUT2D eigenvalue weighted by Gasteiger charge is -2.44. The van der Waals surface area contributed by atoms with Gasteiger partial charge in [0.05, 0.1) is 19.2 Å². The number of hydrogen-bond donors (Lipinski definition) is 0. The van der Waals surface area contributed by atoms with Gasteiger partial charge in [0.25, 0.3) is 0 Å².